The highest BCUT2D eigenvalue weighted by atomic mass is 32.1. The fraction of sp³-hybridized carbons (Fsp3) is 0.500. The van der Waals surface area contributed by atoms with Gasteiger partial charge in [-0.2, -0.15) is 16.4 Å². The van der Waals surface area contributed by atoms with Crippen molar-refractivity contribution in [3.05, 3.63) is 40.8 Å². The third-order valence-electron chi connectivity index (χ3n) is 3.45. The average molecular weight is 335 g/mol. The summed E-state index contributed by atoms with van der Waals surface area (Å²) in [7, 11) is 0. The predicted octanol–water partition coefficient (Wildman–Crippen LogP) is 1.80. The summed E-state index contributed by atoms with van der Waals surface area (Å²) >= 11 is 1.58. The Morgan fingerprint density at radius 2 is 2.35 bits per heavy atom. The Hall–Kier alpha value is -1.86. The van der Waals surface area contributed by atoms with E-state index in [-0.39, 0.29) is 0 Å². The molecule has 3 N–H and O–H groups in total. The fourth-order valence-corrected chi connectivity index (χ4v) is 2.90. The average Bonchev–Trinajstić information content (AvgIpc) is 3.22. The van der Waals surface area contributed by atoms with E-state index >= 15 is 0 Å². The molecule has 23 heavy (non-hydrogen) atoms. The topological polar surface area (TPSA) is 74.5 Å². The summed E-state index contributed by atoms with van der Waals surface area (Å²) in [6.45, 7) is 6.58. The van der Waals surface area contributed by atoms with Gasteiger partial charge in [0.25, 0.3) is 0 Å². The molecule has 1 unspecified atom stereocenters. The van der Waals surface area contributed by atoms with E-state index in [1.165, 1.54) is 0 Å². The Morgan fingerprint density at radius 3 is 3.00 bits per heavy atom. The van der Waals surface area contributed by atoms with Crippen molar-refractivity contribution >= 4 is 17.3 Å². The first-order valence-electron chi connectivity index (χ1n) is 7.86. The molecule has 7 heteroatoms. The molecule has 2 heterocycles. The number of aryl methyl sites for hydroxylation is 1. The molecule has 0 saturated carbocycles. The molecule has 0 spiro atoms. The number of nitrogens with one attached hydrogen (secondary N) is 2. The van der Waals surface area contributed by atoms with Crippen molar-refractivity contribution in [1.29, 1.82) is 0 Å². The van der Waals surface area contributed by atoms with Gasteiger partial charge in [-0.3, -0.25) is 4.68 Å². The predicted molar refractivity (Wildman–Crippen MR) is 94.7 cm³/mol. The maximum absolute atomic E-state index is 10.5. The van der Waals surface area contributed by atoms with Crippen LogP contribution in [0.15, 0.2) is 40.3 Å². The Balaban J connectivity index is 1.82. The summed E-state index contributed by atoms with van der Waals surface area (Å²) in [6, 6.07) is 3.86. The zero-order chi connectivity index (χ0) is 16.5. The number of nitrogens with zero attached hydrogens (tertiary/aromatic N) is 3. The number of hydrogen-bond acceptors (Lipinski definition) is 4. The van der Waals surface area contributed by atoms with Crippen molar-refractivity contribution in [3.63, 3.8) is 0 Å². The molecule has 0 saturated heterocycles. The zero-order valence-corrected chi connectivity index (χ0v) is 14.5. The van der Waals surface area contributed by atoms with Gasteiger partial charge in [0.15, 0.2) is 5.96 Å². The van der Waals surface area contributed by atoms with Gasteiger partial charge in [-0.15, -0.1) is 0 Å². The maximum Gasteiger partial charge on any atom is 0.191 e. The van der Waals surface area contributed by atoms with Crippen LogP contribution in [0.1, 0.15) is 25.8 Å². The van der Waals surface area contributed by atoms with Gasteiger partial charge < -0.3 is 15.7 Å². The summed E-state index contributed by atoms with van der Waals surface area (Å²) in [4.78, 5) is 4.50. The van der Waals surface area contributed by atoms with E-state index in [1.54, 1.807) is 24.5 Å². The smallest absolute Gasteiger partial charge is 0.191 e. The second-order valence-electron chi connectivity index (χ2n) is 5.53. The van der Waals surface area contributed by atoms with Crippen molar-refractivity contribution in [3.8, 4) is 0 Å². The summed E-state index contributed by atoms with van der Waals surface area (Å²) in [6.07, 6.45) is 4.69. The number of thiophene rings is 1. The van der Waals surface area contributed by atoms with Crippen LogP contribution >= 0.6 is 11.3 Å². The summed E-state index contributed by atoms with van der Waals surface area (Å²) < 4.78 is 1.91. The molecule has 0 aliphatic heterocycles. The molecule has 6 nitrogen and oxygen atoms in total. The van der Waals surface area contributed by atoms with Gasteiger partial charge >= 0.3 is 0 Å². The van der Waals surface area contributed by atoms with Crippen LogP contribution in [0.3, 0.4) is 0 Å². The zero-order valence-electron chi connectivity index (χ0n) is 13.7. The number of aliphatic imine (C=N–C) groups is 1. The van der Waals surface area contributed by atoms with Gasteiger partial charge in [0, 0.05) is 32.0 Å². The minimum Gasteiger partial charge on any atom is -0.383 e. The summed E-state index contributed by atoms with van der Waals surface area (Å²) in [5.74, 6) is 0.725. The molecule has 0 aromatic carbocycles. The van der Waals surface area contributed by atoms with E-state index in [0.29, 0.717) is 6.54 Å². The molecular formula is C16H25N5OS. The molecular weight excluding hydrogens is 310 g/mol. The second kappa shape index (κ2) is 8.69. The first-order chi connectivity index (χ1) is 11.1. The standard InChI is InChI=1S/C16H25N5OS/c1-3-17-15(18-7-4-9-21-10-5-8-20-21)19-13-16(2,22)14-6-11-23-12-14/h5-6,8,10-12,22H,3-4,7,9,13H2,1-2H3,(H2,17,18,19). The first kappa shape index (κ1) is 17.5. The highest BCUT2D eigenvalue weighted by Crippen LogP contribution is 2.23. The molecule has 0 fully saturated rings. The van der Waals surface area contributed by atoms with E-state index < -0.39 is 5.60 Å². The molecule has 0 amide bonds. The largest absolute Gasteiger partial charge is 0.383 e. The lowest BCUT2D eigenvalue weighted by Crippen LogP contribution is -2.39. The molecule has 0 aliphatic rings. The number of aliphatic hydroxyl groups is 1. The Kier molecular flexibility index (Phi) is 6.61. The van der Waals surface area contributed by atoms with E-state index in [4.69, 9.17) is 0 Å². The highest BCUT2D eigenvalue weighted by Gasteiger charge is 2.23. The van der Waals surface area contributed by atoms with Crippen LogP contribution in [0.25, 0.3) is 0 Å². The van der Waals surface area contributed by atoms with Crippen molar-refractivity contribution < 1.29 is 5.11 Å². The van der Waals surface area contributed by atoms with Crippen molar-refractivity contribution in [2.24, 2.45) is 4.99 Å². The van der Waals surface area contributed by atoms with E-state index in [0.717, 1.165) is 37.6 Å². The molecule has 126 valence electrons. The highest BCUT2D eigenvalue weighted by molar-refractivity contribution is 7.08. The maximum atomic E-state index is 10.5. The number of hydrogen-bond donors (Lipinski definition) is 3. The lowest BCUT2D eigenvalue weighted by molar-refractivity contribution is 0.0677. The van der Waals surface area contributed by atoms with Crippen molar-refractivity contribution in [2.45, 2.75) is 32.4 Å². The molecule has 1 atom stereocenters. The number of aromatic nitrogens is 2. The molecule has 2 aromatic rings. The van der Waals surface area contributed by atoms with Crippen LogP contribution < -0.4 is 10.6 Å². The molecule has 0 aliphatic carbocycles. The van der Waals surface area contributed by atoms with Crippen LogP contribution in [0.2, 0.25) is 0 Å². The van der Waals surface area contributed by atoms with E-state index in [1.807, 2.05) is 40.7 Å². The monoisotopic (exact) mass is 335 g/mol. The third kappa shape index (κ3) is 5.69. The van der Waals surface area contributed by atoms with Gasteiger partial charge in [-0.25, -0.2) is 4.99 Å². The Morgan fingerprint density at radius 1 is 1.48 bits per heavy atom. The minimum absolute atomic E-state index is 0.318. The van der Waals surface area contributed by atoms with Crippen LogP contribution in [-0.4, -0.2) is 40.5 Å². The van der Waals surface area contributed by atoms with Crippen molar-refractivity contribution in [1.82, 2.24) is 20.4 Å². The van der Waals surface area contributed by atoms with Crippen LogP contribution in [0, 0.1) is 0 Å². The third-order valence-corrected chi connectivity index (χ3v) is 4.13. The molecule has 0 radical (unpaired) electrons. The van der Waals surface area contributed by atoms with Gasteiger partial charge in [-0.1, -0.05) is 0 Å². The summed E-state index contributed by atoms with van der Waals surface area (Å²) in [5.41, 5.74) is -0.0435. The first-order valence-corrected chi connectivity index (χ1v) is 8.81. The second-order valence-corrected chi connectivity index (χ2v) is 6.31. The number of rotatable bonds is 8. The molecule has 2 rings (SSSR count). The van der Waals surface area contributed by atoms with Gasteiger partial charge in [0.1, 0.15) is 5.60 Å². The van der Waals surface area contributed by atoms with E-state index in [9.17, 15) is 5.11 Å². The van der Waals surface area contributed by atoms with Crippen molar-refractivity contribution in [2.75, 3.05) is 19.6 Å². The quantitative estimate of drug-likeness (QED) is 0.391. The van der Waals surface area contributed by atoms with Gasteiger partial charge in [0.2, 0.25) is 0 Å². The van der Waals surface area contributed by atoms with Gasteiger partial charge in [0.05, 0.1) is 6.54 Å². The SMILES string of the molecule is CCNC(=NCC(C)(O)c1ccsc1)NCCCn1cccn1. The Bertz CT molecular complexity index is 578. The Labute approximate surface area is 141 Å². The lowest BCUT2D eigenvalue weighted by atomic mass is 10.00. The lowest BCUT2D eigenvalue weighted by Gasteiger charge is -2.21. The molecule has 0 bridgehead atoms. The van der Waals surface area contributed by atoms with Crippen LogP contribution in [-0.2, 0) is 12.1 Å². The van der Waals surface area contributed by atoms with Gasteiger partial charge in [-0.05, 0) is 48.7 Å². The van der Waals surface area contributed by atoms with E-state index in [2.05, 4.69) is 20.7 Å². The fourth-order valence-electron chi connectivity index (χ4n) is 2.12. The minimum atomic E-state index is -0.947. The van der Waals surface area contributed by atoms with Crippen LogP contribution in [0.5, 0.6) is 0 Å². The molecule has 2 aromatic heterocycles. The van der Waals surface area contributed by atoms with Crippen LogP contribution in [0.4, 0.5) is 0 Å². The number of guanidine groups is 1. The normalized spacial score (nSPS) is 14.5. The summed E-state index contributed by atoms with van der Waals surface area (Å²) in [5, 5.41) is 25.1.